The molecule has 2 aromatic rings. The highest BCUT2D eigenvalue weighted by atomic mass is 15.5. The zero-order chi connectivity index (χ0) is 15.5. The Bertz CT molecular complexity index is 560. The van der Waals surface area contributed by atoms with Crippen LogP contribution in [-0.2, 0) is 0 Å². The van der Waals surface area contributed by atoms with Crippen LogP contribution in [0.1, 0.15) is 19.3 Å². The highest BCUT2D eigenvalue weighted by molar-refractivity contribution is 5.56. The van der Waals surface area contributed by atoms with E-state index in [4.69, 9.17) is 0 Å². The molecule has 0 spiro atoms. The molecular formula is C20H25N3. The Labute approximate surface area is 139 Å². The zero-order valence-corrected chi connectivity index (χ0v) is 13.6. The number of benzene rings is 2. The average molecular weight is 307 g/mol. The highest BCUT2D eigenvalue weighted by Gasteiger charge is 2.37. The Balaban J connectivity index is 1.67. The van der Waals surface area contributed by atoms with Crippen molar-refractivity contribution in [3.8, 4) is 0 Å². The molecule has 3 heteroatoms. The van der Waals surface area contributed by atoms with Gasteiger partial charge in [-0.15, -0.1) is 0 Å². The summed E-state index contributed by atoms with van der Waals surface area (Å²) >= 11 is 0. The Morgan fingerprint density at radius 1 is 0.565 bits per heavy atom. The molecule has 120 valence electrons. The molecule has 0 radical (unpaired) electrons. The second kappa shape index (κ2) is 6.63. The second-order valence-electron chi connectivity index (χ2n) is 6.50. The van der Waals surface area contributed by atoms with Gasteiger partial charge in [0.05, 0.1) is 0 Å². The number of piperidine rings is 1. The minimum atomic E-state index is 0.347. The van der Waals surface area contributed by atoms with Crippen molar-refractivity contribution in [2.24, 2.45) is 0 Å². The fourth-order valence-corrected chi connectivity index (χ4v) is 3.92. The maximum absolute atomic E-state index is 2.66. The van der Waals surface area contributed by atoms with E-state index >= 15 is 0 Å². The van der Waals surface area contributed by atoms with Crippen LogP contribution in [-0.4, -0.2) is 37.4 Å². The summed E-state index contributed by atoms with van der Waals surface area (Å²) in [5.41, 5.74) is 2.67. The largest absolute Gasteiger partial charge is 0.337 e. The van der Waals surface area contributed by atoms with Gasteiger partial charge in [-0.25, -0.2) is 0 Å². The van der Waals surface area contributed by atoms with Gasteiger partial charge in [-0.05, 0) is 37.1 Å². The van der Waals surface area contributed by atoms with Gasteiger partial charge in [0.1, 0.15) is 0 Å². The van der Waals surface area contributed by atoms with Gasteiger partial charge in [-0.3, -0.25) is 4.90 Å². The van der Waals surface area contributed by atoms with E-state index in [1.165, 1.54) is 43.7 Å². The number of para-hydroxylation sites is 2. The summed E-state index contributed by atoms with van der Waals surface area (Å²) in [6.45, 7) is 4.58. The fourth-order valence-electron chi connectivity index (χ4n) is 3.92. The number of rotatable bonds is 3. The van der Waals surface area contributed by atoms with Gasteiger partial charge in [0, 0.05) is 37.6 Å². The Hall–Kier alpha value is -2.00. The standard InChI is InChI=1S/C20H25N3/c1-4-10-18(11-5-1)22-16-17-23(19-12-6-2-7-13-19)20(22)21-14-8-3-9-15-21/h1-2,4-7,10-13,20H,3,8-9,14-17H2. The minimum Gasteiger partial charge on any atom is -0.337 e. The maximum atomic E-state index is 2.66. The molecule has 2 heterocycles. The van der Waals surface area contributed by atoms with Gasteiger partial charge >= 0.3 is 0 Å². The zero-order valence-electron chi connectivity index (χ0n) is 13.6. The lowest BCUT2D eigenvalue weighted by Gasteiger charge is -2.42. The summed E-state index contributed by atoms with van der Waals surface area (Å²) in [7, 11) is 0. The number of hydrogen-bond donors (Lipinski definition) is 0. The third kappa shape index (κ3) is 2.93. The molecule has 0 bridgehead atoms. The van der Waals surface area contributed by atoms with E-state index in [-0.39, 0.29) is 0 Å². The van der Waals surface area contributed by atoms with Crippen molar-refractivity contribution < 1.29 is 0 Å². The molecule has 0 aliphatic carbocycles. The molecule has 0 saturated carbocycles. The molecular weight excluding hydrogens is 282 g/mol. The smallest absolute Gasteiger partial charge is 0.160 e. The van der Waals surface area contributed by atoms with Crippen molar-refractivity contribution >= 4 is 11.4 Å². The number of anilines is 2. The van der Waals surface area contributed by atoms with Crippen molar-refractivity contribution in [2.45, 2.75) is 25.6 Å². The molecule has 0 unspecified atom stereocenters. The van der Waals surface area contributed by atoms with Crippen LogP contribution < -0.4 is 9.80 Å². The molecule has 0 N–H and O–H groups in total. The summed E-state index contributed by atoms with van der Waals surface area (Å²) in [5, 5.41) is 0. The van der Waals surface area contributed by atoms with Crippen molar-refractivity contribution in [3.63, 3.8) is 0 Å². The van der Waals surface area contributed by atoms with Gasteiger partial charge in [0.2, 0.25) is 0 Å². The highest BCUT2D eigenvalue weighted by Crippen LogP contribution is 2.31. The van der Waals surface area contributed by atoms with E-state index in [9.17, 15) is 0 Å². The number of nitrogens with zero attached hydrogens (tertiary/aromatic N) is 3. The quantitative estimate of drug-likeness (QED) is 0.854. The van der Waals surface area contributed by atoms with Crippen molar-refractivity contribution in [3.05, 3.63) is 60.7 Å². The lowest BCUT2D eigenvalue weighted by Crippen LogP contribution is -2.54. The summed E-state index contributed by atoms with van der Waals surface area (Å²) in [4.78, 5) is 7.80. The molecule has 0 amide bonds. The van der Waals surface area contributed by atoms with Crippen LogP contribution in [0.2, 0.25) is 0 Å². The Kier molecular flexibility index (Phi) is 4.20. The van der Waals surface area contributed by atoms with Crippen molar-refractivity contribution in [1.29, 1.82) is 0 Å². The number of hydrogen-bond acceptors (Lipinski definition) is 3. The third-order valence-electron chi connectivity index (χ3n) is 5.03. The van der Waals surface area contributed by atoms with Gasteiger partial charge in [0.15, 0.2) is 6.29 Å². The fraction of sp³-hybridized carbons (Fsp3) is 0.400. The summed E-state index contributed by atoms with van der Waals surface area (Å²) in [6.07, 6.45) is 4.36. The first kappa shape index (κ1) is 14.6. The lowest BCUT2D eigenvalue weighted by molar-refractivity contribution is 0.169. The average Bonchev–Trinajstić information content (AvgIpc) is 3.09. The summed E-state index contributed by atoms with van der Waals surface area (Å²) < 4.78 is 0. The predicted molar refractivity (Wildman–Crippen MR) is 96.8 cm³/mol. The minimum absolute atomic E-state index is 0.347. The second-order valence-corrected chi connectivity index (χ2v) is 6.50. The van der Waals surface area contributed by atoms with Crippen LogP contribution in [0.25, 0.3) is 0 Å². The first-order chi connectivity index (χ1) is 11.4. The van der Waals surface area contributed by atoms with E-state index in [1.54, 1.807) is 0 Å². The topological polar surface area (TPSA) is 9.72 Å². The van der Waals surface area contributed by atoms with Crippen LogP contribution >= 0.6 is 0 Å². The van der Waals surface area contributed by atoms with Crippen molar-refractivity contribution in [1.82, 2.24) is 4.90 Å². The molecule has 2 saturated heterocycles. The van der Waals surface area contributed by atoms with E-state index in [1.807, 2.05) is 0 Å². The first-order valence-corrected chi connectivity index (χ1v) is 8.81. The molecule has 0 atom stereocenters. The maximum Gasteiger partial charge on any atom is 0.160 e. The monoisotopic (exact) mass is 307 g/mol. The lowest BCUT2D eigenvalue weighted by atomic mass is 10.1. The van der Waals surface area contributed by atoms with E-state index in [2.05, 4.69) is 75.4 Å². The third-order valence-corrected chi connectivity index (χ3v) is 5.03. The normalized spacial score (nSPS) is 20.2. The Morgan fingerprint density at radius 3 is 1.52 bits per heavy atom. The van der Waals surface area contributed by atoms with E-state index in [0.717, 1.165) is 13.1 Å². The van der Waals surface area contributed by atoms with Crippen molar-refractivity contribution in [2.75, 3.05) is 36.0 Å². The molecule has 4 rings (SSSR count). The van der Waals surface area contributed by atoms with Gasteiger partial charge in [0.25, 0.3) is 0 Å². The summed E-state index contributed by atoms with van der Waals surface area (Å²) in [6, 6.07) is 21.8. The van der Waals surface area contributed by atoms with E-state index < -0.39 is 0 Å². The van der Waals surface area contributed by atoms with Gasteiger partial charge in [-0.2, -0.15) is 0 Å². The van der Waals surface area contributed by atoms with Gasteiger partial charge in [-0.1, -0.05) is 42.8 Å². The summed E-state index contributed by atoms with van der Waals surface area (Å²) in [5.74, 6) is 0. The Morgan fingerprint density at radius 2 is 1.04 bits per heavy atom. The molecule has 3 nitrogen and oxygen atoms in total. The molecule has 2 aromatic carbocycles. The predicted octanol–water partition coefficient (Wildman–Crippen LogP) is 3.78. The SMILES string of the molecule is c1ccc(N2CCN(c3ccccc3)C2N2CCCCC2)cc1. The van der Waals surface area contributed by atoms with Crippen LogP contribution in [0.4, 0.5) is 11.4 Å². The molecule has 2 aliphatic rings. The molecule has 2 aliphatic heterocycles. The van der Waals surface area contributed by atoms with Crippen LogP contribution in [0.5, 0.6) is 0 Å². The van der Waals surface area contributed by atoms with Gasteiger partial charge < -0.3 is 9.80 Å². The molecule has 23 heavy (non-hydrogen) atoms. The molecule has 0 aromatic heterocycles. The molecule has 2 fully saturated rings. The van der Waals surface area contributed by atoms with E-state index in [0.29, 0.717) is 6.29 Å². The number of likely N-dealkylation sites (tertiary alicyclic amines) is 1. The van der Waals surface area contributed by atoms with Crippen LogP contribution in [0, 0.1) is 0 Å². The van der Waals surface area contributed by atoms with Crippen LogP contribution in [0.3, 0.4) is 0 Å². The van der Waals surface area contributed by atoms with Crippen LogP contribution in [0.15, 0.2) is 60.7 Å². The first-order valence-electron chi connectivity index (χ1n) is 8.81.